The molecule has 0 saturated carbocycles. The Balaban J connectivity index is 0.000000185. The van der Waals surface area contributed by atoms with E-state index in [2.05, 4.69) is 154 Å². The summed E-state index contributed by atoms with van der Waals surface area (Å²) < 4.78 is 81.5. The van der Waals surface area contributed by atoms with Crippen LogP contribution in [0.2, 0.25) is 0 Å². The molecule has 434 valence electrons. The Kier molecular flexibility index (Phi) is 17.8. The molecule has 5 aromatic carbocycles. The zero-order valence-corrected chi connectivity index (χ0v) is 55.1. The number of aryl methyl sites for hydroxylation is 11. The van der Waals surface area contributed by atoms with Crippen LogP contribution in [-0.2, 0) is 35.2 Å². The molecule has 0 aliphatic carbocycles. The molecular weight excluding hydrogens is 1020 g/mol. The third kappa shape index (κ3) is 15.9. The van der Waals surface area contributed by atoms with E-state index in [0.29, 0.717) is 30.6 Å². The normalized spacial score (nSPS) is 12.1. The lowest BCUT2D eigenvalue weighted by atomic mass is 9.96. The van der Waals surface area contributed by atoms with Crippen molar-refractivity contribution in [2.24, 2.45) is 35.2 Å². The molecule has 5 heterocycles. The number of rotatable bonds is 5. The Hall–Kier alpha value is -8.15. The second kappa shape index (κ2) is 28.4. The number of benzene rings is 5. The van der Waals surface area contributed by atoms with Gasteiger partial charge in [0.15, 0.2) is 30.9 Å². The SMILES string of the molecule is [2H]c1c(C)c(C)c(-c2ccc(C)cc2C)[n+](C)c1[2H].[2H]c1c(C)c(C)c(C)c(-c2ccc(C)cc2C)[n+]1C.[2H]c1c(C)c([2H])[n+](C)c(-c2ccc(C)cc2C)c1C.[2H]c1c(C)ccc(-c2ccc(C)cc2C)[n+]1C.[2H]c1c([2H])c([2H])[n+](C)c(-c2ccc(C)cc2C)c1C. The number of hydrogen-bond donors (Lipinski definition) is 0. The van der Waals surface area contributed by atoms with Crippen LogP contribution >= 0.6 is 0 Å². The Morgan fingerprint density at radius 2 is 0.631 bits per heavy atom. The predicted octanol–water partition coefficient (Wildman–Crippen LogP) is 16.8. The summed E-state index contributed by atoms with van der Waals surface area (Å²) in [5.74, 6) is 0. The van der Waals surface area contributed by atoms with Crippen LogP contribution in [0.1, 0.15) is 118 Å². The molecule has 0 spiro atoms. The van der Waals surface area contributed by atoms with E-state index in [0.717, 1.165) is 89.7 Å². The van der Waals surface area contributed by atoms with Gasteiger partial charge in [0.1, 0.15) is 42.1 Å². The Morgan fingerprint density at radius 1 is 0.262 bits per heavy atom. The van der Waals surface area contributed by atoms with Crippen molar-refractivity contribution < 1.29 is 35.2 Å². The maximum atomic E-state index is 8.25. The van der Waals surface area contributed by atoms with Gasteiger partial charge < -0.3 is 0 Å². The Morgan fingerprint density at radius 3 is 1.08 bits per heavy atom. The van der Waals surface area contributed by atoms with Gasteiger partial charge in [0.25, 0.3) is 0 Å². The summed E-state index contributed by atoms with van der Waals surface area (Å²) in [6.07, 6.45) is 1.91. The van der Waals surface area contributed by atoms with Crippen LogP contribution in [0.4, 0.5) is 0 Å². The van der Waals surface area contributed by atoms with Gasteiger partial charge in [-0.3, -0.25) is 0 Å². The minimum atomic E-state index is -0.0199. The number of hydrogen-bond acceptors (Lipinski definition) is 0. The lowest BCUT2D eigenvalue weighted by Crippen LogP contribution is -2.33. The molecule has 5 heteroatoms. The average Bonchev–Trinajstić information content (AvgIpc) is 0.810. The van der Waals surface area contributed by atoms with Crippen molar-refractivity contribution in [2.45, 2.75) is 132 Å². The summed E-state index contributed by atoms with van der Waals surface area (Å²) >= 11 is 0. The van der Waals surface area contributed by atoms with Gasteiger partial charge in [-0.05, 0) is 219 Å². The minimum absolute atomic E-state index is 0.0199. The highest BCUT2D eigenvalue weighted by molar-refractivity contribution is 5.68. The maximum absolute atomic E-state index is 8.25. The van der Waals surface area contributed by atoms with Gasteiger partial charge in [-0.2, -0.15) is 0 Å². The van der Waals surface area contributed by atoms with Gasteiger partial charge in [-0.25, -0.2) is 22.8 Å². The van der Waals surface area contributed by atoms with Crippen molar-refractivity contribution in [1.29, 1.82) is 0 Å². The number of nitrogens with zero attached hydrogens (tertiary/aromatic N) is 5. The molecule has 0 aliphatic rings. The molecule has 84 heavy (non-hydrogen) atoms. The van der Waals surface area contributed by atoms with Crippen molar-refractivity contribution in [3.63, 3.8) is 0 Å². The summed E-state index contributed by atoms with van der Waals surface area (Å²) in [6.45, 7) is 38.7. The zero-order valence-electron chi connectivity index (χ0n) is 64.1. The molecule has 10 rings (SSSR count). The lowest BCUT2D eigenvalue weighted by Gasteiger charge is -2.11. The van der Waals surface area contributed by atoms with Gasteiger partial charge in [0.05, 0.1) is 5.48 Å². The molecule has 0 aliphatic heterocycles. The molecule has 0 atom stereocenters. The topological polar surface area (TPSA) is 19.4 Å². The molecule has 10 aromatic rings. The van der Waals surface area contributed by atoms with E-state index in [4.69, 9.17) is 12.3 Å². The standard InChI is InChI=1S/C17H22N.2C16H20N.2C15H18N/c1-11-7-8-16(12(2)9-11)17-15(5)14(4)13(3)10-18(17)6;1-11-6-7-15(13(3)8-11)16-14(4)9-12(2)10-17(16)5;1-11-6-7-15(13(3)10-11)16-14(4)12(2)8-9-17(16)5;1-11-5-7-14(13(3)9-11)15-8-6-12(2)10-16(15)4;1-11-7-8-14(13(3)10-11)15-12(2)6-5-9-16(15)4/h7-10H,1-6H3;2*6-10H,1-5H3;2*5-10H,1-4H3/q5*+1/i10D;9D,10D;8D,9D;10D;5D,6D,9D. The first-order valence-electron chi connectivity index (χ1n) is 33.6. The van der Waals surface area contributed by atoms with E-state index in [1.54, 1.807) is 11.6 Å². The summed E-state index contributed by atoms with van der Waals surface area (Å²) in [6, 6.07) is 36.7. The fourth-order valence-electron chi connectivity index (χ4n) is 11.2. The van der Waals surface area contributed by atoms with Gasteiger partial charge in [0, 0.05) is 84.9 Å². The second-order valence-corrected chi connectivity index (χ2v) is 23.2. The van der Waals surface area contributed by atoms with Crippen LogP contribution < -0.4 is 22.8 Å². The van der Waals surface area contributed by atoms with Gasteiger partial charge in [0.2, 0.25) is 28.5 Å². The van der Waals surface area contributed by atoms with E-state index in [1.165, 1.54) is 72.3 Å². The molecule has 0 saturated heterocycles. The maximum Gasteiger partial charge on any atom is 0.215 e. The Labute approximate surface area is 520 Å². The molecule has 0 fully saturated rings. The first-order valence-corrected chi connectivity index (χ1v) is 29.1. The van der Waals surface area contributed by atoms with Crippen LogP contribution in [-0.4, -0.2) is 0 Å². The average molecular weight is 1130 g/mol. The summed E-state index contributed by atoms with van der Waals surface area (Å²) in [4.78, 5) is 0. The molecule has 5 nitrogen and oxygen atoms in total. The van der Waals surface area contributed by atoms with Crippen molar-refractivity contribution in [3.05, 3.63) is 264 Å². The third-order valence-corrected chi connectivity index (χ3v) is 15.8. The van der Waals surface area contributed by atoms with Crippen LogP contribution in [0.3, 0.4) is 0 Å². The molecule has 0 N–H and O–H groups in total. The van der Waals surface area contributed by atoms with Crippen molar-refractivity contribution >= 4 is 0 Å². The minimum Gasteiger partial charge on any atom is -0.201 e. The second-order valence-electron chi connectivity index (χ2n) is 23.2. The van der Waals surface area contributed by atoms with Crippen LogP contribution in [0.5, 0.6) is 0 Å². The lowest BCUT2D eigenvalue weighted by molar-refractivity contribution is -0.661. The molecular formula is C79H98N5+5. The molecule has 0 unspecified atom stereocenters. The third-order valence-electron chi connectivity index (χ3n) is 15.8. The van der Waals surface area contributed by atoms with E-state index in [1.807, 2.05) is 127 Å². The highest BCUT2D eigenvalue weighted by atomic mass is 14.9. The van der Waals surface area contributed by atoms with Crippen LogP contribution in [0.15, 0.2) is 158 Å². The smallest absolute Gasteiger partial charge is 0.201 e. The van der Waals surface area contributed by atoms with Crippen molar-refractivity contribution in [1.82, 2.24) is 0 Å². The predicted molar refractivity (Wildman–Crippen MR) is 355 cm³/mol. The highest BCUT2D eigenvalue weighted by Gasteiger charge is 2.21. The molecule has 0 amide bonds. The first-order chi connectivity index (χ1) is 43.4. The van der Waals surface area contributed by atoms with E-state index in [-0.39, 0.29) is 24.4 Å². The van der Waals surface area contributed by atoms with Crippen LogP contribution in [0, 0.1) is 132 Å². The largest absolute Gasteiger partial charge is 0.215 e. The highest BCUT2D eigenvalue weighted by Crippen LogP contribution is 2.30. The quantitative estimate of drug-likeness (QED) is 0.153. The van der Waals surface area contributed by atoms with Crippen molar-refractivity contribution in [2.75, 3.05) is 0 Å². The van der Waals surface area contributed by atoms with Crippen molar-refractivity contribution in [3.8, 4) is 56.3 Å². The van der Waals surface area contributed by atoms with Gasteiger partial charge >= 0.3 is 0 Å². The monoisotopic (exact) mass is 1130 g/mol. The number of pyridine rings is 5. The summed E-state index contributed by atoms with van der Waals surface area (Å²) in [7, 11) is 9.47. The first kappa shape index (κ1) is 52.6. The Bertz CT molecular complexity index is 3960. The molecule has 0 radical (unpaired) electrons. The van der Waals surface area contributed by atoms with Crippen LogP contribution in [0.25, 0.3) is 56.3 Å². The van der Waals surface area contributed by atoms with Gasteiger partial charge in [-0.15, -0.1) is 0 Å². The van der Waals surface area contributed by atoms with E-state index < -0.39 is 0 Å². The van der Waals surface area contributed by atoms with E-state index in [9.17, 15) is 0 Å². The fourth-order valence-corrected chi connectivity index (χ4v) is 11.2. The number of aromatic nitrogens is 5. The molecule has 0 bridgehead atoms. The summed E-state index contributed by atoms with van der Waals surface area (Å²) in [5.41, 5.74) is 32.0. The van der Waals surface area contributed by atoms with Gasteiger partial charge in [-0.1, -0.05) is 88.5 Å². The van der Waals surface area contributed by atoms with E-state index >= 15 is 0 Å². The fraction of sp³-hybridized carbons (Fsp3) is 0.304. The summed E-state index contributed by atoms with van der Waals surface area (Å²) in [5, 5.41) is 0. The molecule has 5 aromatic heterocycles. The zero-order chi connectivity index (χ0) is 69.8.